The summed E-state index contributed by atoms with van der Waals surface area (Å²) in [5, 5.41) is 10.6. The van der Waals surface area contributed by atoms with Crippen molar-refractivity contribution in [3.8, 4) is 0 Å². The molecular weight excluding hydrogens is 1260 g/mol. The number of hydrogen-bond acceptors (Lipinski definition) is 15. The Morgan fingerprint density at radius 3 is 0.792 bits per heavy atom. The van der Waals surface area contributed by atoms with Crippen molar-refractivity contribution < 1.29 is 80.2 Å². The second kappa shape index (κ2) is 68.8. The molecule has 96 heavy (non-hydrogen) atoms. The molecule has 0 saturated carbocycles. The second-order valence-corrected chi connectivity index (χ2v) is 31.4. The molecule has 0 aliphatic rings. The van der Waals surface area contributed by atoms with E-state index in [9.17, 15) is 43.2 Å². The van der Waals surface area contributed by atoms with Crippen LogP contribution in [0.15, 0.2) is 0 Å². The molecule has 0 fully saturated rings. The van der Waals surface area contributed by atoms with Crippen molar-refractivity contribution in [3.05, 3.63) is 0 Å². The molecule has 0 rings (SSSR count). The Morgan fingerprint density at radius 2 is 0.531 bits per heavy atom. The number of phosphoric acid groups is 2. The third kappa shape index (κ3) is 69.2. The Bertz CT molecular complexity index is 1860. The van der Waals surface area contributed by atoms with Gasteiger partial charge in [0.25, 0.3) is 0 Å². The summed E-state index contributed by atoms with van der Waals surface area (Å²) >= 11 is 0. The van der Waals surface area contributed by atoms with E-state index in [1.165, 1.54) is 212 Å². The summed E-state index contributed by atoms with van der Waals surface area (Å²) in [6.45, 7) is 9.65. The maximum atomic E-state index is 13.1. The first-order valence-corrected chi connectivity index (χ1v) is 43.0. The van der Waals surface area contributed by atoms with Crippen LogP contribution in [0, 0.1) is 11.8 Å². The molecule has 6 atom stereocenters. The predicted octanol–water partition coefficient (Wildman–Crippen LogP) is 22.7. The smallest absolute Gasteiger partial charge is 0.462 e. The molecule has 0 heterocycles. The van der Waals surface area contributed by atoms with Gasteiger partial charge in [0, 0.05) is 25.7 Å². The zero-order valence-corrected chi connectivity index (χ0v) is 64.5. The lowest BCUT2D eigenvalue weighted by Crippen LogP contribution is -2.30. The zero-order chi connectivity index (χ0) is 70.7. The summed E-state index contributed by atoms with van der Waals surface area (Å²) in [5.74, 6) is -0.455. The van der Waals surface area contributed by atoms with E-state index in [-0.39, 0.29) is 25.7 Å². The van der Waals surface area contributed by atoms with E-state index in [0.29, 0.717) is 25.7 Å². The van der Waals surface area contributed by atoms with E-state index < -0.39 is 97.5 Å². The summed E-state index contributed by atoms with van der Waals surface area (Å²) in [4.78, 5) is 72.7. The van der Waals surface area contributed by atoms with Crippen molar-refractivity contribution in [2.75, 3.05) is 39.6 Å². The molecular formula is C77H150O17P2. The third-order valence-corrected chi connectivity index (χ3v) is 20.2. The molecule has 17 nitrogen and oxygen atoms in total. The van der Waals surface area contributed by atoms with Crippen LogP contribution >= 0.6 is 15.6 Å². The molecule has 0 bridgehead atoms. The van der Waals surface area contributed by atoms with Gasteiger partial charge in [-0.1, -0.05) is 350 Å². The Labute approximate surface area is 588 Å². The van der Waals surface area contributed by atoms with Crippen LogP contribution in [0.4, 0.5) is 0 Å². The van der Waals surface area contributed by atoms with Crippen LogP contribution in [0.5, 0.6) is 0 Å². The SMILES string of the molecule is CCCCCCCCCCCCC(=O)O[C@H](COC(=O)CCCCCCCCCC)COP(=O)(O)OC[C@H](O)COP(=O)(O)OC[C@@H](COC(=O)CCCCCCCCCCCCCCCC(C)C)OC(=O)CCCCCCCCCCCCCCCCCCCCC(C)CC. The van der Waals surface area contributed by atoms with Gasteiger partial charge in [-0.05, 0) is 37.5 Å². The topological polar surface area (TPSA) is 237 Å². The summed E-state index contributed by atoms with van der Waals surface area (Å²) in [7, 11) is -9.90. The van der Waals surface area contributed by atoms with Gasteiger partial charge in [0.15, 0.2) is 12.2 Å². The van der Waals surface area contributed by atoms with E-state index in [4.69, 9.17) is 37.0 Å². The van der Waals surface area contributed by atoms with E-state index in [1.807, 2.05) is 0 Å². The number of aliphatic hydroxyl groups is 1. The molecule has 19 heteroatoms. The maximum Gasteiger partial charge on any atom is 0.472 e. The fraction of sp³-hybridized carbons (Fsp3) is 0.948. The lowest BCUT2D eigenvalue weighted by Gasteiger charge is -2.21. The Morgan fingerprint density at radius 1 is 0.302 bits per heavy atom. The van der Waals surface area contributed by atoms with Gasteiger partial charge in [-0.2, -0.15) is 0 Å². The number of phosphoric ester groups is 2. The van der Waals surface area contributed by atoms with Crippen molar-refractivity contribution in [2.24, 2.45) is 11.8 Å². The first-order chi connectivity index (χ1) is 46.4. The number of esters is 4. The number of carbonyl (C=O) groups is 4. The number of ether oxygens (including phenoxy) is 4. The average molecular weight is 1410 g/mol. The minimum atomic E-state index is -4.96. The van der Waals surface area contributed by atoms with Gasteiger partial charge >= 0.3 is 39.5 Å². The molecule has 0 radical (unpaired) electrons. The highest BCUT2D eigenvalue weighted by Gasteiger charge is 2.30. The van der Waals surface area contributed by atoms with Crippen molar-refractivity contribution in [3.63, 3.8) is 0 Å². The molecule has 0 saturated heterocycles. The molecule has 3 N–H and O–H groups in total. The van der Waals surface area contributed by atoms with Crippen molar-refractivity contribution in [2.45, 2.75) is 419 Å². The monoisotopic (exact) mass is 1410 g/mol. The van der Waals surface area contributed by atoms with E-state index in [2.05, 4.69) is 41.5 Å². The Kier molecular flexibility index (Phi) is 67.4. The Hall–Kier alpha value is -1.94. The molecule has 0 aromatic rings. The highest BCUT2D eigenvalue weighted by atomic mass is 31.2. The standard InChI is InChI=1S/C77H150O17P2/c1-7-10-12-14-16-18-36-43-49-55-61-76(81)93-72(65-87-74(79)59-53-47-41-17-15-13-11-8-2)67-91-95(83,84)89-63-71(78)64-90-96(85,86)92-68-73(66-88-75(80)60-54-48-42-37-32-29-25-26-30-34-39-45-51-57-69(4)5)94-77(82)62-56-50-44-38-33-28-24-22-20-19-21-23-27-31-35-40-46-52-58-70(6)9-3/h69-73,78H,7-68H2,1-6H3,(H,83,84)(H,85,86)/t70?,71-,72+,73+/m0/s1. The average Bonchev–Trinajstić information content (AvgIpc) is 2.36. The lowest BCUT2D eigenvalue weighted by atomic mass is 9.99. The van der Waals surface area contributed by atoms with Gasteiger partial charge in [0.05, 0.1) is 26.4 Å². The van der Waals surface area contributed by atoms with Crippen molar-refractivity contribution in [1.82, 2.24) is 0 Å². The molecule has 570 valence electrons. The summed E-state index contributed by atoms with van der Waals surface area (Å²) < 4.78 is 68.4. The molecule has 0 spiro atoms. The quantitative estimate of drug-likeness (QED) is 0.0222. The van der Waals surface area contributed by atoms with E-state index in [1.54, 1.807) is 0 Å². The molecule has 0 aliphatic heterocycles. The third-order valence-electron chi connectivity index (χ3n) is 18.3. The normalized spacial score (nSPS) is 14.3. The van der Waals surface area contributed by atoms with Gasteiger partial charge < -0.3 is 33.8 Å². The number of rotatable bonds is 76. The minimum absolute atomic E-state index is 0.106. The summed E-state index contributed by atoms with van der Waals surface area (Å²) in [6.07, 6.45) is 57.0. The largest absolute Gasteiger partial charge is 0.472 e. The molecule has 0 aliphatic carbocycles. The highest BCUT2D eigenvalue weighted by molar-refractivity contribution is 7.47. The van der Waals surface area contributed by atoms with Gasteiger partial charge in [-0.15, -0.1) is 0 Å². The van der Waals surface area contributed by atoms with Crippen LogP contribution in [0.25, 0.3) is 0 Å². The van der Waals surface area contributed by atoms with Crippen LogP contribution in [0.1, 0.15) is 401 Å². The summed E-state index contributed by atoms with van der Waals surface area (Å²) in [5.41, 5.74) is 0. The van der Waals surface area contributed by atoms with Gasteiger partial charge in [0.2, 0.25) is 0 Å². The number of carbonyl (C=O) groups excluding carboxylic acids is 4. The van der Waals surface area contributed by atoms with Crippen LogP contribution in [0.2, 0.25) is 0 Å². The van der Waals surface area contributed by atoms with Crippen molar-refractivity contribution in [1.29, 1.82) is 0 Å². The Balaban J connectivity index is 5.16. The number of hydrogen-bond donors (Lipinski definition) is 3. The fourth-order valence-electron chi connectivity index (χ4n) is 11.8. The van der Waals surface area contributed by atoms with Crippen LogP contribution in [-0.4, -0.2) is 96.7 Å². The maximum absolute atomic E-state index is 13.1. The molecule has 3 unspecified atom stereocenters. The first kappa shape index (κ1) is 94.1. The van der Waals surface area contributed by atoms with Crippen LogP contribution < -0.4 is 0 Å². The fourth-order valence-corrected chi connectivity index (χ4v) is 13.4. The molecule has 0 aromatic heterocycles. The number of unbranched alkanes of at least 4 members (excludes halogenated alkanes) is 45. The van der Waals surface area contributed by atoms with Gasteiger partial charge in [0.1, 0.15) is 19.3 Å². The van der Waals surface area contributed by atoms with Gasteiger partial charge in [-0.25, -0.2) is 9.13 Å². The molecule has 0 aromatic carbocycles. The van der Waals surface area contributed by atoms with Crippen LogP contribution in [-0.2, 0) is 65.4 Å². The molecule has 0 amide bonds. The van der Waals surface area contributed by atoms with Crippen molar-refractivity contribution >= 4 is 39.5 Å². The predicted molar refractivity (Wildman–Crippen MR) is 391 cm³/mol. The first-order valence-electron chi connectivity index (χ1n) is 40.0. The summed E-state index contributed by atoms with van der Waals surface area (Å²) in [6, 6.07) is 0. The zero-order valence-electron chi connectivity index (χ0n) is 62.7. The van der Waals surface area contributed by atoms with E-state index >= 15 is 0 Å². The highest BCUT2D eigenvalue weighted by Crippen LogP contribution is 2.45. The van der Waals surface area contributed by atoms with Gasteiger partial charge in [-0.3, -0.25) is 37.3 Å². The minimum Gasteiger partial charge on any atom is -0.462 e. The van der Waals surface area contributed by atoms with Crippen LogP contribution in [0.3, 0.4) is 0 Å². The second-order valence-electron chi connectivity index (χ2n) is 28.5. The lowest BCUT2D eigenvalue weighted by molar-refractivity contribution is -0.161. The number of aliphatic hydroxyl groups excluding tert-OH is 1. The van der Waals surface area contributed by atoms with E-state index in [0.717, 1.165) is 108 Å².